The predicted molar refractivity (Wildman–Crippen MR) is 169 cm³/mol. The number of fused-ring (bicyclic) bond motifs is 1. The van der Waals surface area contributed by atoms with E-state index in [0.717, 1.165) is 0 Å². The Morgan fingerprint density at radius 1 is 0.432 bits per heavy atom. The molecule has 0 atom stereocenters. The van der Waals surface area contributed by atoms with E-state index in [2.05, 4.69) is 51.1 Å². The van der Waals surface area contributed by atoms with E-state index >= 15 is 0 Å². The van der Waals surface area contributed by atoms with Crippen molar-refractivity contribution in [3.8, 4) is 0 Å². The summed E-state index contributed by atoms with van der Waals surface area (Å²) < 4.78 is 0. The van der Waals surface area contributed by atoms with Crippen LogP contribution in [-0.4, -0.2) is 0 Å². The van der Waals surface area contributed by atoms with Gasteiger partial charge in [0, 0.05) is 0 Å². The molecule has 37 heavy (non-hydrogen) atoms. The molecule has 0 bridgehead atoms. The summed E-state index contributed by atoms with van der Waals surface area (Å²) in [5, 5.41) is 2.97. The van der Waals surface area contributed by atoms with E-state index in [0.29, 0.717) is 0 Å². The Bertz CT molecular complexity index is 801. The lowest BCUT2D eigenvalue weighted by Gasteiger charge is -2.17. The van der Waals surface area contributed by atoms with Gasteiger partial charge in [0.25, 0.3) is 0 Å². The highest BCUT2D eigenvalue weighted by molar-refractivity contribution is 5.87. The number of benzene rings is 2. The molecule has 0 aliphatic heterocycles. The van der Waals surface area contributed by atoms with Crippen molar-refractivity contribution in [3.63, 3.8) is 0 Å². The van der Waals surface area contributed by atoms with E-state index in [4.69, 9.17) is 0 Å². The maximum Gasteiger partial charge on any atom is -0.0149 e. The van der Waals surface area contributed by atoms with Crippen LogP contribution in [0.1, 0.15) is 172 Å². The molecule has 0 aliphatic rings. The van der Waals surface area contributed by atoms with Crippen LogP contribution in [0.25, 0.3) is 10.8 Å². The van der Waals surface area contributed by atoms with Crippen LogP contribution in [0, 0.1) is 6.92 Å². The van der Waals surface area contributed by atoms with Crippen molar-refractivity contribution in [2.45, 2.75) is 175 Å². The minimum Gasteiger partial charge on any atom is -0.0654 e. The first-order valence-corrected chi connectivity index (χ1v) is 16.8. The van der Waals surface area contributed by atoms with E-state index in [1.807, 2.05) is 0 Å². The SMILES string of the molecule is CCCCCCCCCCCCCCc1c(CCCCCCCCCCCC)c(C)cc2ccccc12. The van der Waals surface area contributed by atoms with E-state index in [1.54, 1.807) is 11.1 Å². The first-order valence-electron chi connectivity index (χ1n) is 16.8. The second-order valence-corrected chi connectivity index (χ2v) is 11.9. The van der Waals surface area contributed by atoms with Gasteiger partial charge in [-0.05, 0) is 60.1 Å². The van der Waals surface area contributed by atoms with Gasteiger partial charge in [0.2, 0.25) is 0 Å². The molecule has 2 aromatic carbocycles. The minimum atomic E-state index is 1.27. The second-order valence-electron chi connectivity index (χ2n) is 11.9. The normalized spacial score (nSPS) is 11.5. The zero-order valence-electron chi connectivity index (χ0n) is 25.4. The van der Waals surface area contributed by atoms with Crippen LogP contribution >= 0.6 is 0 Å². The zero-order chi connectivity index (χ0) is 26.4. The fourth-order valence-corrected chi connectivity index (χ4v) is 6.18. The van der Waals surface area contributed by atoms with Gasteiger partial charge in [-0.2, -0.15) is 0 Å². The number of unbranched alkanes of at least 4 members (excludes halogenated alkanes) is 20. The predicted octanol–water partition coefficient (Wildman–Crippen LogP) is 12.9. The van der Waals surface area contributed by atoms with Gasteiger partial charge in [-0.15, -0.1) is 0 Å². The highest BCUT2D eigenvalue weighted by atomic mass is 14.2. The smallest absolute Gasteiger partial charge is 0.0149 e. The zero-order valence-corrected chi connectivity index (χ0v) is 25.4. The van der Waals surface area contributed by atoms with Crippen molar-refractivity contribution in [3.05, 3.63) is 47.0 Å². The van der Waals surface area contributed by atoms with E-state index in [-0.39, 0.29) is 0 Å². The van der Waals surface area contributed by atoms with Gasteiger partial charge in [0.15, 0.2) is 0 Å². The highest BCUT2D eigenvalue weighted by Crippen LogP contribution is 2.29. The number of aryl methyl sites for hydroxylation is 2. The third kappa shape index (κ3) is 13.9. The Morgan fingerprint density at radius 2 is 0.811 bits per heavy atom. The first kappa shape index (κ1) is 31.9. The number of hydrogen-bond acceptors (Lipinski definition) is 0. The molecule has 210 valence electrons. The topological polar surface area (TPSA) is 0 Å². The van der Waals surface area contributed by atoms with Gasteiger partial charge >= 0.3 is 0 Å². The number of hydrogen-bond donors (Lipinski definition) is 0. The Kier molecular flexibility index (Phi) is 18.6. The lowest BCUT2D eigenvalue weighted by atomic mass is 9.88. The van der Waals surface area contributed by atoms with Gasteiger partial charge < -0.3 is 0 Å². The maximum absolute atomic E-state index is 2.45. The molecule has 0 amide bonds. The molecular formula is C37H62. The average molecular weight is 507 g/mol. The molecule has 0 spiro atoms. The summed E-state index contributed by atoms with van der Waals surface area (Å²) in [7, 11) is 0. The Labute approximate surface area is 232 Å². The molecule has 0 nitrogen and oxygen atoms in total. The summed E-state index contributed by atoms with van der Waals surface area (Å²) in [4.78, 5) is 0. The average Bonchev–Trinajstić information content (AvgIpc) is 2.91. The molecule has 0 N–H and O–H groups in total. The third-order valence-electron chi connectivity index (χ3n) is 8.56. The molecule has 0 heterocycles. The molecule has 0 aliphatic carbocycles. The van der Waals surface area contributed by atoms with Crippen LogP contribution < -0.4 is 0 Å². The highest BCUT2D eigenvalue weighted by Gasteiger charge is 2.11. The van der Waals surface area contributed by atoms with E-state index < -0.39 is 0 Å². The maximum atomic E-state index is 2.45. The fraction of sp³-hybridized carbons (Fsp3) is 0.730. The van der Waals surface area contributed by atoms with Crippen molar-refractivity contribution in [2.75, 3.05) is 0 Å². The summed E-state index contributed by atoms with van der Waals surface area (Å²) >= 11 is 0. The van der Waals surface area contributed by atoms with Gasteiger partial charge in [0.05, 0.1) is 0 Å². The molecule has 0 unspecified atom stereocenters. The lowest BCUT2D eigenvalue weighted by Crippen LogP contribution is -2.01. The van der Waals surface area contributed by atoms with Crippen molar-refractivity contribution < 1.29 is 0 Å². The Balaban J connectivity index is 1.71. The van der Waals surface area contributed by atoms with Crippen LogP contribution in [-0.2, 0) is 12.8 Å². The van der Waals surface area contributed by atoms with Crippen LogP contribution in [0.15, 0.2) is 30.3 Å². The van der Waals surface area contributed by atoms with Gasteiger partial charge in [0.1, 0.15) is 0 Å². The molecule has 0 saturated heterocycles. The molecule has 0 aromatic heterocycles. The standard InChI is InChI=1S/C37H62/c1-4-6-8-10-12-14-16-17-19-21-23-25-31-37-35(33(3)32-34-28-26-27-30-36(34)37)29-24-22-20-18-15-13-11-9-7-5-2/h26-28,30,32H,4-25,29,31H2,1-3H3. The summed E-state index contributed by atoms with van der Waals surface area (Å²) in [6.45, 7) is 6.98. The van der Waals surface area contributed by atoms with Crippen LogP contribution in [0.4, 0.5) is 0 Å². The minimum absolute atomic E-state index is 1.27. The number of rotatable bonds is 24. The monoisotopic (exact) mass is 506 g/mol. The third-order valence-corrected chi connectivity index (χ3v) is 8.56. The molecule has 0 radical (unpaired) electrons. The summed E-state index contributed by atoms with van der Waals surface area (Å²) in [5.74, 6) is 0. The largest absolute Gasteiger partial charge is 0.0654 e. The fourth-order valence-electron chi connectivity index (χ4n) is 6.18. The second kappa shape index (κ2) is 21.6. The Hall–Kier alpha value is -1.30. The van der Waals surface area contributed by atoms with E-state index in [1.165, 1.54) is 170 Å². The van der Waals surface area contributed by atoms with Crippen molar-refractivity contribution in [2.24, 2.45) is 0 Å². The van der Waals surface area contributed by atoms with Gasteiger partial charge in [-0.3, -0.25) is 0 Å². The van der Waals surface area contributed by atoms with Crippen LogP contribution in [0.3, 0.4) is 0 Å². The van der Waals surface area contributed by atoms with Crippen LogP contribution in [0.2, 0.25) is 0 Å². The summed E-state index contributed by atoms with van der Waals surface area (Å²) in [5.41, 5.74) is 4.89. The molecule has 0 saturated carbocycles. The lowest BCUT2D eigenvalue weighted by molar-refractivity contribution is 0.543. The van der Waals surface area contributed by atoms with Crippen molar-refractivity contribution >= 4 is 10.8 Å². The first-order chi connectivity index (χ1) is 18.3. The Morgan fingerprint density at radius 3 is 1.27 bits per heavy atom. The molecule has 0 fully saturated rings. The van der Waals surface area contributed by atoms with Crippen LogP contribution in [0.5, 0.6) is 0 Å². The molecule has 2 rings (SSSR count). The quantitative estimate of drug-likeness (QED) is 0.124. The van der Waals surface area contributed by atoms with Gasteiger partial charge in [-0.25, -0.2) is 0 Å². The van der Waals surface area contributed by atoms with Crippen molar-refractivity contribution in [1.29, 1.82) is 0 Å². The molecule has 0 heteroatoms. The van der Waals surface area contributed by atoms with Crippen molar-refractivity contribution in [1.82, 2.24) is 0 Å². The molecular weight excluding hydrogens is 444 g/mol. The van der Waals surface area contributed by atoms with Gasteiger partial charge in [-0.1, -0.05) is 173 Å². The van der Waals surface area contributed by atoms with E-state index in [9.17, 15) is 0 Å². The summed E-state index contributed by atoms with van der Waals surface area (Å²) in [6.07, 6.45) is 33.9. The summed E-state index contributed by atoms with van der Waals surface area (Å²) in [6, 6.07) is 11.6. The molecule has 2 aromatic rings.